The van der Waals surface area contributed by atoms with Crippen LogP contribution in [0.3, 0.4) is 0 Å². The van der Waals surface area contributed by atoms with Crippen molar-refractivity contribution in [1.82, 2.24) is 0 Å². The van der Waals surface area contributed by atoms with Crippen LogP contribution < -0.4 is 0 Å². The molecule has 0 radical (unpaired) electrons. The Morgan fingerprint density at radius 2 is 1.00 bits per heavy atom. The van der Waals surface area contributed by atoms with Gasteiger partial charge in [0.25, 0.3) is 0 Å². The molecule has 0 fully saturated rings. The molecule has 0 bridgehead atoms. The fourth-order valence-corrected chi connectivity index (χ4v) is 2.45. The summed E-state index contributed by atoms with van der Waals surface area (Å²) in [5.74, 6) is 0. The zero-order valence-electron chi connectivity index (χ0n) is 12.8. The van der Waals surface area contributed by atoms with Gasteiger partial charge < -0.3 is 0 Å². The molecule has 0 amide bonds. The maximum absolute atomic E-state index is 11.3. The molecular formula is C15H32O3S. The molecule has 0 rings (SSSR count). The lowest BCUT2D eigenvalue weighted by molar-refractivity contribution is 0.241. The molecule has 0 aliphatic carbocycles. The lowest BCUT2D eigenvalue weighted by Gasteiger charge is -2.04. The van der Waals surface area contributed by atoms with Crippen molar-refractivity contribution < 1.29 is 12.6 Å². The number of rotatable bonds is 15. The molecule has 0 aromatic carbocycles. The average Bonchev–Trinajstić information content (AvgIpc) is 2.41. The molecule has 0 spiro atoms. The normalized spacial score (nSPS) is 12.7. The van der Waals surface area contributed by atoms with Crippen LogP contribution >= 0.6 is 0 Å². The Morgan fingerprint density at radius 3 is 1.47 bits per heavy atom. The van der Waals surface area contributed by atoms with E-state index in [9.17, 15) is 4.21 Å². The predicted octanol–water partition coefficient (Wildman–Crippen LogP) is 4.93. The monoisotopic (exact) mass is 292 g/mol. The van der Waals surface area contributed by atoms with E-state index in [2.05, 4.69) is 13.8 Å². The molecular weight excluding hydrogens is 260 g/mol. The van der Waals surface area contributed by atoms with Crippen molar-refractivity contribution >= 4 is 11.4 Å². The SMILES string of the molecule is CCCCCCCCCOS(=O)OCCCCCC. The molecule has 0 aromatic heterocycles. The van der Waals surface area contributed by atoms with Crippen LogP contribution in [-0.4, -0.2) is 17.4 Å². The van der Waals surface area contributed by atoms with Crippen LogP contribution in [0.4, 0.5) is 0 Å². The lowest BCUT2D eigenvalue weighted by atomic mass is 10.1. The third kappa shape index (κ3) is 16.0. The van der Waals surface area contributed by atoms with Crippen molar-refractivity contribution in [2.75, 3.05) is 13.2 Å². The van der Waals surface area contributed by atoms with Gasteiger partial charge in [-0.2, -0.15) is 4.21 Å². The Bertz CT molecular complexity index is 198. The van der Waals surface area contributed by atoms with Crippen molar-refractivity contribution in [2.24, 2.45) is 0 Å². The van der Waals surface area contributed by atoms with Gasteiger partial charge in [0.15, 0.2) is 0 Å². The van der Waals surface area contributed by atoms with Gasteiger partial charge >= 0.3 is 11.4 Å². The van der Waals surface area contributed by atoms with Gasteiger partial charge in [0, 0.05) is 0 Å². The number of hydrogen-bond donors (Lipinski definition) is 0. The molecule has 4 heteroatoms. The Hall–Kier alpha value is 0.0700. The first-order valence-electron chi connectivity index (χ1n) is 7.99. The van der Waals surface area contributed by atoms with E-state index in [0.717, 1.165) is 25.7 Å². The quantitative estimate of drug-likeness (QED) is 0.401. The summed E-state index contributed by atoms with van der Waals surface area (Å²) in [6, 6.07) is 0. The molecule has 116 valence electrons. The van der Waals surface area contributed by atoms with Crippen LogP contribution in [0.1, 0.15) is 84.5 Å². The number of unbranched alkanes of at least 4 members (excludes halogenated alkanes) is 9. The van der Waals surface area contributed by atoms with Crippen LogP contribution in [0.2, 0.25) is 0 Å². The molecule has 1 unspecified atom stereocenters. The largest absolute Gasteiger partial charge is 0.304 e. The van der Waals surface area contributed by atoms with E-state index < -0.39 is 11.4 Å². The van der Waals surface area contributed by atoms with Gasteiger partial charge in [-0.1, -0.05) is 71.6 Å². The standard InChI is InChI=1S/C15H32O3S/c1-3-5-7-9-10-11-13-15-18-19(16)17-14-12-8-6-4-2/h3-15H2,1-2H3. The highest BCUT2D eigenvalue weighted by Crippen LogP contribution is 2.07. The highest BCUT2D eigenvalue weighted by molar-refractivity contribution is 7.75. The first kappa shape index (κ1) is 19.1. The maximum atomic E-state index is 11.3. The van der Waals surface area contributed by atoms with Crippen LogP contribution in [-0.2, 0) is 19.7 Å². The Labute approximate surface area is 122 Å². The minimum absolute atomic E-state index is 0.545. The molecule has 0 N–H and O–H groups in total. The van der Waals surface area contributed by atoms with Crippen molar-refractivity contribution in [1.29, 1.82) is 0 Å². The van der Waals surface area contributed by atoms with Crippen molar-refractivity contribution in [3.05, 3.63) is 0 Å². The predicted molar refractivity (Wildman–Crippen MR) is 82.2 cm³/mol. The van der Waals surface area contributed by atoms with Gasteiger partial charge in [0.05, 0.1) is 13.2 Å². The second kappa shape index (κ2) is 16.1. The average molecular weight is 292 g/mol. The molecule has 3 nitrogen and oxygen atoms in total. The highest BCUT2D eigenvalue weighted by atomic mass is 32.2. The smallest absolute Gasteiger partial charge is 0.268 e. The molecule has 0 saturated carbocycles. The molecule has 0 aliphatic rings. The fourth-order valence-electron chi connectivity index (χ4n) is 1.88. The zero-order valence-corrected chi connectivity index (χ0v) is 13.6. The summed E-state index contributed by atoms with van der Waals surface area (Å²) < 4.78 is 21.5. The van der Waals surface area contributed by atoms with E-state index in [1.807, 2.05) is 0 Å². The minimum atomic E-state index is -1.54. The summed E-state index contributed by atoms with van der Waals surface area (Å²) in [6.45, 7) is 5.49. The van der Waals surface area contributed by atoms with E-state index >= 15 is 0 Å². The summed E-state index contributed by atoms with van der Waals surface area (Å²) in [5, 5.41) is 0. The third-order valence-corrected chi connectivity index (χ3v) is 3.82. The first-order chi connectivity index (χ1) is 9.31. The molecule has 0 aliphatic heterocycles. The molecule has 19 heavy (non-hydrogen) atoms. The maximum Gasteiger partial charge on any atom is 0.304 e. The summed E-state index contributed by atoms with van der Waals surface area (Å²) in [7, 11) is 0. The molecule has 0 aromatic rings. The third-order valence-electron chi connectivity index (χ3n) is 3.10. The van der Waals surface area contributed by atoms with E-state index in [1.54, 1.807) is 0 Å². The second-order valence-corrected chi connectivity index (χ2v) is 5.91. The Kier molecular flexibility index (Phi) is 16.2. The summed E-state index contributed by atoms with van der Waals surface area (Å²) in [4.78, 5) is 0. The first-order valence-corrected chi connectivity index (χ1v) is 8.99. The fraction of sp³-hybridized carbons (Fsp3) is 1.00. The van der Waals surface area contributed by atoms with Gasteiger partial charge in [0.1, 0.15) is 0 Å². The minimum Gasteiger partial charge on any atom is -0.268 e. The lowest BCUT2D eigenvalue weighted by Crippen LogP contribution is -2.04. The molecule has 0 saturated heterocycles. The van der Waals surface area contributed by atoms with E-state index in [1.165, 1.54) is 44.9 Å². The van der Waals surface area contributed by atoms with E-state index in [0.29, 0.717) is 13.2 Å². The number of hydrogen-bond acceptors (Lipinski definition) is 3. The van der Waals surface area contributed by atoms with Gasteiger partial charge in [-0.25, -0.2) is 0 Å². The topological polar surface area (TPSA) is 35.5 Å². The van der Waals surface area contributed by atoms with Crippen LogP contribution in [0.25, 0.3) is 0 Å². The highest BCUT2D eigenvalue weighted by Gasteiger charge is 2.00. The van der Waals surface area contributed by atoms with Gasteiger partial charge in [-0.3, -0.25) is 8.37 Å². The Morgan fingerprint density at radius 1 is 0.632 bits per heavy atom. The van der Waals surface area contributed by atoms with E-state index in [-0.39, 0.29) is 0 Å². The molecule has 0 heterocycles. The van der Waals surface area contributed by atoms with Crippen molar-refractivity contribution in [2.45, 2.75) is 84.5 Å². The van der Waals surface area contributed by atoms with Gasteiger partial charge in [0.2, 0.25) is 0 Å². The van der Waals surface area contributed by atoms with Crippen LogP contribution in [0, 0.1) is 0 Å². The summed E-state index contributed by atoms with van der Waals surface area (Å²) >= 11 is -1.54. The summed E-state index contributed by atoms with van der Waals surface area (Å²) in [6.07, 6.45) is 13.2. The molecule has 1 atom stereocenters. The van der Waals surface area contributed by atoms with Crippen LogP contribution in [0.5, 0.6) is 0 Å². The van der Waals surface area contributed by atoms with Crippen molar-refractivity contribution in [3.63, 3.8) is 0 Å². The zero-order chi connectivity index (χ0) is 14.2. The van der Waals surface area contributed by atoms with Crippen molar-refractivity contribution in [3.8, 4) is 0 Å². The second-order valence-electron chi connectivity index (χ2n) is 5.03. The Balaban J connectivity index is 3.12. The summed E-state index contributed by atoms with van der Waals surface area (Å²) in [5.41, 5.74) is 0. The van der Waals surface area contributed by atoms with E-state index in [4.69, 9.17) is 8.37 Å². The van der Waals surface area contributed by atoms with Gasteiger partial charge in [-0.15, -0.1) is 0 Å². The van der Waals surface area contributed by atoms with Crippen LogP contribution in [0.15, 0.2) is 0 Å². The van der Waals surface area contributed by atoms with Gasteiger partial charge in [-0.05, 0) is 12.8 Å².